The molecule has 1 heterocycles. The van der Waals surface area contributed by atoms with E-state index in [4.69, 9.17) is 9.47 Å². The van der Waals surface area contributed by atoms with Crippen LogP contribution in [0.4, 0.5) is 0 Å². The minimum Gasteiger partial charge on any atom is -0.472 e. The van der Waals surface area contributed by atoms with Crippen molar-refractivity contribution in [1.29, 1.82) is 0 Å². The Morgan fingerprint density at radius 2 is 2.33 bits per heavy atom. The number of rotatable bonds is 3. The van der Waals surface area contributed by atoms with E-state index < -0.39 is 5.97 Å². The van der Waals surface area contributed by atoms with Crippen LogP contribution in [0, 0.1) is 0 Å². The minimum absolute atomic E-state index is 0.216. The average molecular weight is 188 g/mol. The van der Waals surface area contributed by atoms with Crippen molar-refractivity contribution in [3.8, 4) is 5.19 Å². The summed E-state index contributed by atoms with van der Waals surface area (Å²) in [6, 6.07) is 0. The number of hydrogen-bond donors (Lipinski definition) is 0. The molecule has 12 heavy (non-hydrogen) atoms. The van der Waals surface area contributed by atoms with Gasteiger partial charge in [-0.05, 0) is 18.3 Å². The van der Waals surface area contributed by atoms with Crippen LogP contribution in [0.2, 0.25) is 0 Å². The fourth-order valence-electron chi connectivity index (χ4n) is 0.568. The van der Waals surface area contributed by atoms with Crippen LogP contribution >= 0.6 is 11.3 Å². The van der Waals surface area contributed by atoms with Crippen LogP contribution < -0.4 is 4.74 Å². The molecule has 1 rings (SSSR count). The van der Waals surface area contributed by atoms with Gasteiger partial charge in [-0.1, -0.05) is 5.10 Å². The van der Waals surface area contributed by atoms with Gasteiger partial charge in [-0.2, -0.15) is 0 Å². The van der Waals surface area contributed by atoms with Gasteiger partial charge in [-0.3, -0.25) is 0 Å². The Hall–Kier alpha value is -1.17. The molecule has 66 valence electrons. The lowest BCUT2D eigenvalue weighted by Gasteiger charge is -1.93. The third-order valence-electron chi connectivity index (χ3n) is 1.03. The predicted molar refractivity (Wildman–Crippen MR) is 42.4 cm³/mol. The normalized spacial score (nSPS) is 9.50. The maximum Gasteiger partial charge on any atom is 0.369 e. The van der Waals surface area contributed by atoms with Gasteiger partial charge in [0.1, 0.15) is 0 Å². The largest absolute Gasteiger partial charge is 0.472 e. The molecule has 1 aromatic heterocycles. The van der Waals surface area contributed by atoms with Crippen molar-refractivity contribution in [3.63, 3.8) is 0 Å². The molecule has 0 atom stereocenters. The summed E-state index contributed by atoms with van der Waals surface area (Å²) >= 11 is 1.06. The molecule has 6 heteroatoms. The number of methoxy groups -OCH3 is 1. The van der Waals surface area contributed by atoms with Gasteiger partial charge in [0.25, 0.3) is 5.19 Å². The molecule has 0 bridgehead atoms. The van der Waals surface area contributed by atoms with Gasteiger partial charge in [0.15, 0.2) is 0 Å². The summed E-state index contributed by atoms with van der Waals surface area (Å²) in [7, 11) is 1.47. The SMILES string of the molecule is CCOC(=O)c1nnc(OC)s1. The Morgan fingerprint density at radius 3 is 2.83 bits per heavy atom. The fourth-order valence-corrected chi connectivity index (χ4v) is 1.12. The third kappa shape index (κ3) is 1.91. The van der Waals surface area contributed by atoms with E-state index in [9.17, 15) is 4.79 Å². The highest BCUT2D eigenvalue weighted by molar-refractivity contribution is 7.14. The van der Waals surface area contributed by atoms with Gasteiger partial charge in [0.2, 0.25) is 5.01 Å². The summed E-state index contributed by atoms with van der Waals surface area (Å²) in [5.41, 5.74) is 0. The van der Waals surface area contributed by atoms with E-state index in [1.165, 1.54) is 7.11 Å². The van der Waals surface area contributed by atoms with Crippen molar-refractivity contribution in [3.05, 3.63) is 5.01 Å². The van der Waals surface area contributed by atoms with Gasteiger partial charge >= 0.3 is 5.97 Å². The van der Waals surface area contributed by atoms with Crippen LogP contribution in [0.15, 0.2) is 0 Å². The van der Waals surface area contributed by atoms with Crippen LogP contribution in [-0.2, 0) is 4.74 Å². The van der Waals surface area contributed by atoms with Crippen LogP contribution in [0.1, 0.15) is 16.7 Å². The minimum atomic E-state index is -0.460. The Balaban J connectivity index is 2.68. The molecule has 0 saturated carbocycles. The molecule has 1 aromatic rings. The van der Waals surface area contributed by atoms with Crippen molar-refractivity contribution in [2.45, 2.75) is 6.92 Å². The lowest BCUT2D eigenvalue weighted by Crippen LogP contribution is -2.03. The Morgan fingerprint density at radius 1 is 1.58 bits per heavy atom. The molecule has 0 aromatic carbocycles. The zero-order chi connectivity index (χ0) is 8.97. The van der Waals surface area contributed by atoms with E-state index >= 15 is 0 Å². The Kier molecular flexibility index (Phi) is 2.98. The van der Waals surface area contributed by atoms with Gasteiger partial charge in [0.05, 0.1) is 13.7 Å². The first-order valence-corrected chi connectivity index (χ1v) is 4.14. The molecular weight excluding hydrogens is 180 g/mol. The number of carbonyl (C=O) groups excluding carboxylic acids is 1. The van der Waals surface area contributed by atoms with E-state index in [1.54, 1.807) is 6.92 Å². The van der Waals surface area contributed by atoms with Crippen LogP contribution in [0.3, 0.4) is 0 Å². The van der Waals surface area contributed by atoms with E-state index in [0.29, 0.717) is 11.8 Å². The number of esters is 1. The standard InChI is InChI=1S/C6H8N2O3S/c1-3-11-5(9)4-7-8-6(10-2)12-4/h3H2,1-2H3. The quantitative estimate of drug-likeness (QED) is 0.654. The first kappa shape index (κ1) is 8.92. The molecule has 0 N–H and O–H groups in total. The molecule has 0 aliphatic carbocycles. The van der Waals surface area contributed by atoms with E-state index in [-0.39, 0.29) is 5.01 Å². The smallest absolute Gasteiger partial charge is 0.369 e. The van der Waals surface area contributed by atoms with Gasteiger partial charge in [-0.25, -0.2) is 4.79 Å². The second-order valence-electron chi connectivity index (χ2n) is 1.80. The van der Waals surface area contributed by atoms with E-state index in [0.717, 1.165) is 11.3 Å². The number of carbonyl (C=O) groups is 1. The van der Waals surface area contributed by atoms with Crippen molar-refractivity contribution in [1.82, 2.24) is 10.2 Å². The highest BCUT2D eigenvalue weighted by atomic mass is 32.1. The van der Waals surface area contributed by atoms with Gasteiger partial charge in [-0.15, -0.1) is 5.10 Å². The molecular formula is C6H8N2O3S. The molecule has 0 saturated heterocycles. The molecule has 0 aliphatic heterocycles. The van der Waals surface area contributed by atoms with Crippen molar-refractivity contribution >= 4 is 17.3 Å². The third-order valence-corrected chi connectivity index (χ3v) is 1.90. The van der Waals surface area contributed by atoms with E-state index in [1.807, 2.05) is 0 Å². The zero-order valence-electron chi connectivity index (χ0n) is 6.73. The summed E-state index contributed by atoms with van der Waals surface area (Å²) in [6.07, 6.45) is 0. The lowest BCUT2D eigenvalue weighted by molar-refractivity contribution is 0.0525. The number of nitrogens with zero attached hydrogens (tertiary/aromatic N) is 2. The topological polar surface area (TPSA) is 61.3 Å². The number of aromatic nitrogens is 2. The van der Waals surface area contributed by atoms with Gasteiger partial charge < -0.3 is 9.47 Å². The van der Waals surface area contributed by atoms with Crippen LogP contribution in [-0.4, -0.2) is 29.9 Å². The van der Waals surface area contributed by atoms with Crippen molar-refractivity contribution in [2.75, 3.05) is 13.7 Å². The highest BCUT2D eigenvalue weighted by Crippen LogP contribution is 2.17. The maximum atomic E-state index is 11.0. The van der Waals surface area contributed by atoms with Crippen molar-refractivity contribution < 1.29 is 14.3 Å². The molecule has 0 amide bonds. The lowest BCUT2D eigenvalue weighted by atomic mass is 10.7. The molecule has 5 nitrogen and oxygen atoms in total. The molecule has 0 aliphatic rings. The first-order valence-electron chi connectivity index (χ1n) is 3.32. The van der Waals surface area contributed by atoms with Crippen LogP contribution in [0.5, 0.6) is 5.19 Å². The fraction of sp³-hybridized carbons (Fsp3) is 0.500. The predicted octanol–water partition coefficient (Wildman–Crippen LogP) is 0.723. The molecule has 0 unspecified atom stereocenters. The second kappa shape index (κ2) is 4.01. The monoisotopic (exact) mass is 188 g/mol. The summed E-state index contributed by atoms with van der Waals surface area (Å²) in [5, 5.41) is 7.73. The molecule has 0 fully saturated rings. The highest BCUT2D eigenvalue weighted by Gasteiger charge is 2.13. The molecule has 0 radical (unpaired) electrons. The zero-order valence-corrected chi connectivity index (χ0v) is 7.55. The van der Waals surface area contributed by atoms with Crippen LogP contribution in [0.25, 0.3) is 0 Å². The number of ether oxygens (including phenoxy) is 2. The Bertz CT molecular complexity index is 274. The summed E-state index contributed by atoms with van der Waals surface area (Å²) in [4.78, 5) is 11.0. The average Bonchev–Trinajstić information content (AvgIpc) is 2.52. The maximum absolute atomic E-state index is 11.0. The first-order chi connectivity index (χ1) is 5.77. The van der Waals surface area contributed by atoms with E-state index in [2.05, 4.69) is 10.2 Å². The summed E-state index contributed by atoms with van der Waals surface area (Å²) in [5.74, 6) is -0.460. The Labute approximate surface area is 73.3 Å². The second-order valence-corrected chi connectivity index (χ2v) is 2.74. The van der Waals surface area contributed by atoms with Gasteiger partial charge in [0, 0.05) is 0 Å². The summed E-state index contributed by atoms with van der Waals surface area (Å²) in [6.45, 7) is 2.07. The number of hydrogen-bond acceptors (Lipinski definition) is 6. The van der Waals surface area contributed by atoms with Crippen molar-refractivity contribution in [2.24, 2.45) is 0 Å². The summed E-state index contributed by atoms with van der Waals surface area (Å²) < 4.78 is 9.46. The molecule has 0 spiro atoms.